The molecule has 0 saturated heterocycles. The fourth-order valence-corrected chi connectivity index (χ4v) is 2.39. The first-order chi connectivity index (χ1) is 8.29. The summed E-state index contributed by atoms with van der Waals surface area (Å²) < 4.78 is 5.76. The summed E-state index contributed by atoms with van der Waals surface area (Å²) in [5.74, 6) is 1.72. The van der Waals surface area contributed by atoms with Crippen LogP contribution < -0.4 is 10.1 Å². The van der Waals surface area contributed by atoms with Crippen LogP contribution in [-0.2, 0) is 6.54 Å². The molecule has 1 atom stereocenters. The van der Waals surface area contributed by atoms with E-state index in [1.807, 2.05) is 13.1 Å². The molecule has 1 N–H and O–H groups in total. The van der Waals surface area contributed by atoms with E-state index < -0.39 is 0 Å². The zero-order valence-corrected chi connectivity index (χ0v) is 10.8. The second-order valence-corrected chi connectivity index (χ2v) is 4.85. The Morgan fingerprint density at radius 3 is 3.06 bits per heavy atom. The Balaban J connectivity index is 1.98. The van der Waals surface area contributed by atoms with E-state index in [0.29, 0.717) is 5.92 Å². The van der Waals surface area contributed by atoms with Crippen LogP contribution in [0.25, 0.3) is 0 Å². The summed E-state index contributed by atoms with van der Waals surface area (Å²) in [6.07, 6.45) is 0. The van der Waals surface area contributed by atoms with E-state index in [1.165, 1.54) is 5.56 Å². The van der Waals surface area contributed by atoms with Crippen LogP contribution in [0.2, 0.25) is 0 Å². The third-order valence-corrected chi connectivity index (χ3v) is 3.15. The summed E-state index contributed by atoms with van der Waals surface area (Å²) in [6.45, 7) is 7.29. The molecule has 1 aliphatic heterocycles. The predicted molar refractivity (Wildman–Crippen MR) is 70.3 cm³/mol. The molecule has 94 valence electrons. The van der Waals surface area contributed by atoms with E-state index in [4.69, 9.17) is 4.74 Å². The van der Waals surface area contributed by atoms with Gasteiger partial charge in [-0.2, -0.15) is 0 Å². The van der Waals surface area contributed by atoms with Gasteiger partial charge in [0.1, 0.15) is 12.4 Å². The minimum atomic E-state index is 0.672. The number of nitrogens with one attached hydrogen (secondary N) is 1. The van der Waals surface area contributed by atoms with Gasteiger partial charge in [-0.25, -0.2) is 0 Å². The highest BCUT2D eigenvalue weighted by molar-refractivity contribution is 5.33. The molecular formula is C14H22N2O. The van der Waals surface area contributed by atoms with Gasteiger partial charge in [0.15, 0.2) is 0 Å². The number of hydrogen-bond acceptors (Lipinski definition) is 3. The summed E-state index contributed by atoms with van der Waals surface area (Å²) in [4.78, 5) is 2.48. The number of benzene rings is 1. The van der Waals surface area contributed by atoms with Crippen molar-refractivity contribution in [3.8, 4) is 5.75 Å². The van der Waals surface area contributed by atoms with E-state index >= 15 is 0 Å². The summed E-state index contributed by atoms with van der Waals surface area (Å²) >= 11 is 0. The smallest absolute Gasteiger partial charge is 0.123 e. The van der Waals surface area contributed by atoms with Crippen LogP contribution in [0, 0.1) is 5.92 Å². The first-order valence-corrected chi connectivity index (χ1v) is 6.37. The van der Waals surface area contributed by atoms with Crippen LogP contribution in [0.5, 0.6) is 5.75 Å². The number of ether oxygens (including phenoxy) is 1. The Bertz CT molecular complexity index is 354. The van der Waals surface area contributed by atoms with Gasteiger partial charge in [-0.1, -0.05) is 25.1 Å². The highest BCUT2D eigenvalue weighted by Gasteiger charge is 2.16. The molecule has 0 amide bonds. The number of para-hydroxylation sites is 1. The number of fused-ring (bicyclic) bond motifs is 1. The highest BCUT2D eigenvalue weighted by Crippen LogP contribution is 2.22. The van der Waals surface area contributed by atoms with Crippen molar-refractivity contribution in [2.75, 3.05) is 33.3 Å². The molecule has 0 bridgehead atoms. The molecule has 0 saturated carbocycles. The van der Waals surface area contributed by atoms with Crippen molar-refractivity contribution in [3.05, 3.63) is 29.8 Å². The van der Waals surface area contributed by atoms with Crippen molar-refractivity contribution < 1.29 is 4.74 Å². The van der Waals surface area contributed by atoms with Gasteiger partial charge in [-0.3, -0.25) is 4.90 Å². The van der Waals surface area contributed by atoms with E-state index in [2.05, 4.69) is 35.3 Å². The van der Waals surface area contributed by atoms with Gasteiger partial charge in [0.05, 0.1) is 0 Å². The highest BCUT2D eigenvalue weighted by atomic mass is 16.5. The van der Waals surface area contributed by atoms with Crippen LogP contribution >= 0.6 is 0 Å². The molecule has 1 heterocycles. The molecule has 0 radical (unpaired) electrons. The lowest BCUT2D eigenvalue weighted by Crippen LogP contribution is -2.33. The van der Waals surface area contributed by atoms with E-state index in [9.17, 15) is 0 Å². The molecular weight excluding hydrogens is 212 g/mol. The minimum absolute atomic E-state index is 0.672. The molecule has 1 unspecified atom stereocenters. The zero-order valence-electron chi connectivity index (χ0n) is 10.8. The summed E-state index contributed by atoms with van der Waals surface area (Å²) in [5, 5.41) is 3.23. The molecule has 0 aliphatic carbocycles. The van der Waals surface area contributed by atoms with Gasteiger partial charge < -0.3 is 10.1 Å². The van der Waals surface area contributed by atoms with Gasteiger partial charge in [-0.15, -0.1) is 0 Å². The van der Waals surface area contributed by atoms with Gasteiger partial charge in [0.2, 0.25) is 0 Å². The molecule has 3 nitrogen and oxygen atoms in total. The second-order valence-electron chi connectivity index (χ2n) is 4.85. The van der Waals surface area contributed by atoms with Crippen molar-refractivity contribution in [1.82, 2.24) is 10.2 Å². The largest absolute Gasteiger partial charge is 0.492 e. The van der Waals surface area contributed by atoms with Gasteiger partial charge in [-0.05, 0) is 25.6 Å². The summed E-state index contributed by atoms with van der Waals surface area (Å²) in [5.41, 5.74) is 1.31. The van der Waals surface area contributed by atoms with Crippen LogP contribution in [0.1, 0.15) is 12.5 Å². The van der Waals surface area contributed by atoms with Crippen molar-refractivity contribution in [2.45, 2.75) is 13.5 Å². The molecule has 2 rings (SSSR count). The third-order valence-electron chi connectivity index (χ3n) is 3.15. The lowest BCUT2D eigenvalue weighted by atomic mass is 10.1. The number of rotatable bonds is 4. The topological polar surface area (TPSA) is 24.5 Å². The molecule has 0 aromatic heterocycles. The average Bonchev–Trinajstić information content (AvgIpc) is 2.50. The minimum Gasteiger partial charge on any atom is -0.492 e. The molecule has 1 aromatic rings. The Kier molecular flexibility index (Phi) is 4.40. The average molecular weight is 234 g/mol. The molecule has 3 heteroatoms. The van der Waals surface area contributed by atoms with Crippen molar-refractivity contribution in [2.24, 2.45) is 5.92 Å². The fourth-order valence-electron chi connectivity index (χ4n) is 2.39. The van der Waals surface area contributed by atoms with Crippen LogP contribution in [0.4, 0.5) is 0 Å². The SMILES string of the molecule is CNCC(C)CN1CCOc2ccccc2C1. The van der Waals surface area contributed by atoms with Gasteiger partial charge in [0, 0.05) is 25.2 Å². The Morgan fingerprint density at radius 2 is 2.24 bits per heavy atom. The normalized spacial score (nSPS) is 18.0. The zero-order chi connectivity index (χ0) is 12.1. The Labute approximate surface area is 104 Å². The van der Waals surface area contributed by atoms with Crippen molar-refractivity contribution >= 4 is 0 Å². The van der Waals surface area contributed by atoms with Crippen LogP contribution in [0.15, 0.2) is 24.3 Å². The molecule has 0 spiro atoms. The summed E-state index contributed by atoms with van der Waals surface area (Å²) in [7, 11) is 2.01. The van der Waals surface area contributed by atoms with E-state index in [-0.39, 0.29) is 0 Å². The molecule has 1 aromatic carbocycles. The third kappa shape index (κ3) is 3.45. The standard InChI is InChI=1S/C14H22N2O/c1-12(9-15-2)10-16-7-8-17-14-6-4-3-5-13(14)11-16/h3-6,12,15H,7-11H2,1-2H3. The maximum absolute atomic E-state index is 5.76. The second kappa shape index (κ2) is 6.03. The summed E-state index contributed by atoms with van der Waals surface area (Å²) in [6, 6.07) is 8.35. The van der Waals surface area contributed by atoms with Gasteiger partial charge >= 0.3 is 0 Å². The van der Waals surface area contributed by atoms with Crippen molar-refractivity contribution in [1.29, 1.82) is 0 Å². The molecule has 1 aliphatic rings. The Morgan fingerprint density at radius 1 is 1.41 bits per heavy atom. The molecule has 0 fully saturated rings. The first-order valence-electron chi connectivity index (χ1n) is 6.37. The van der Waals surface area contributed by atoms with Crippen LogP contribution in [-0.4, -0.2) is 38.2 Å². The molecule has 17 heavy (non-hydrogen) atoms. The van der Waals surface area contributed by atoms with E-state index in [1.54, 1.807) is 0 Å². The number of hydrogen-bond donors (Lipinski definition) is 1. The lowest BCUT2D eigenvalue weighted by Gasteiger charge is -2.23. The predicted octanol–water partition coefficient (Wildman–Crippen LogP) is 1.74. The quantitative estimate of drug-likeness (QED) is 0.859. The van der Waals surface area contributed by atoms with E-state index in [0.717, 1.165) is 38.5 Å². The first kappa shape index (κ1) is 12.4. The lowest BCUT2D eigenvalue weighted by molar-refractivity contribution is 0.202. The maximum Gasteiger partial charge on any atom is 0.123 e. The Hall–Kier alpha value is -1.06. The maximum atomic E-state index is 5.76. The fraction of sp³-hybridized carbons (Fsp3) is 0.571. The monoisotopic (exact) mass is 234 g/mol. The van der Waals surface area contributed by atoms with Crippen LogP contribution in [0.3, 0.4) is 0 Å². The van der Waals surface area contributed by atoms with Gasteiger partial charge in [0.25, 0.3) is 0 Å². The van der Waals surface area contributed by atoms with Crippen molar-refractivity contribution in [3.63, 3.8) is 0 Å². The number of nitrogens with zero attached hydrogens (tertiary/aromatic N) is 1.